The lowest BCUT2D eigenvalue weighted by Gasteiger charge is -2.33. The quantitative estimate of drug-likeness (QED) is 0.742. The smallest absolute Gasteiger partial charge is 0.0670 e. The summed E-state index contributed by atoms with van der Waals surface area (Å²) in [5.74, 6) is 1.01. The molecule has 0 amide bonds. The fourth-order valence-corrected chi connectivity index (χ4v) is 2.41. The third-order valence-corrected chi connectivity index (χ3v) is 3.90. The molecule has 1 aliphatic carbocycles. The average molecular weight is 226 g/mol. The predicted octanol–water partition coefficient (Wildman–Crippen LogP) is 1.49. The highest BCUT2D eigenvalue weighted by atomic mass is 16.5. The molecule has 1 saturated heterocycles. The standard InChI is InChI=1S/C13H26N2O/c1-11(16-2)10-15-7-5-13(6-8-15)14-9-12-3-4-12/h11-14H,3-10H2,1-2H3. The van der Waals surface area contributed by atoms with Gasteiger partial charge in [-0.2, -0.15) is 0 Å². The van der Waals surface area contributed by atoms with Crippen molar-refractivity contribution in [2.75, 3.05) is 33.3 Å². The van der Waals surface area contributed by atoms with Gasteiger partial charge in [-0.25, -0.2) is 0 Å². The second kappa shape index (κ2) is 5.99. The largest absolute Gasteiger partial charge is 0.380 e. The van der Waals surface area contributed by atoms with E-state index in [1.54, 1.807) is 7.11 Å². The lowest BCUT2D eigenvalue weighted by Crippen LogP contribution is -2.45. The molecule has 1 aliphatic heterocycles. The molecule has 1 N–H and O–H groups in total. The van der Waals surface area contributed by atoms with Gasteiger partial charge in [-0.3, -0.25) is 0 Å². The van der Waals surface area contributed by atoms with Gasteiger partial charge in [0.25, 0.3) is 0 Å². The average Bonchev–Trinajstić information content (AvgIpc) is 3.12. The highest BCUT2D eigenvalue weighted by Gasteiger charge is 2.24. The molecule has 0 aromatic rings. The normalized spacial score (nSPS) is 25.9. The summed E-state index contributed by atoms with van der Waals surface area (Å²) in [5, 5.41) is 3.71. The van der Waals surface area contributed by atoms with Crippen LogP contribution in [-0.2, 0) is 4.74 Å². The zero-order chi connectivity index (χ0) is 11.4. The van der Waals surface area contributed by atoms with Crippen LogP contribution in [0.4, 0.5) is 0 Å². The molecule has 3 heteroatoms. The van der Waals surface area contributed by atoms with E-state index in [1.807, 2.05) is 0 Å². The van der Waals surface area contributed by atoms with E-state index >= 15 is 0 Å². The van der Waals surface area contributed by atoms with Gasteiger partial charge in [0.1, 0.15) is 0 Å². The fourth-order valence-electron chi connectivity index (χ4n) is 2.41. The first kappa shape index (κ1) is 12.3. The maximum absolute atomic E-state index is 5.31. The summed E-state index contributed by atoms with van der Waals surface area (Å²) < 4.78 is 5.31. The number of hydrogen-bond donors (Lipinski definition) is 1. The van der Waals surface area contributed by atoms with Crippen molar-refractivity contribution in [3.05, 3.63) is 0 Å². The highest BCUT2D eigenvalue weighted by Crippen LogP contribution is 2.28. The summed E-state index contributed by atoms with van der Waals surface area (Å²) in [4.78, 5) is 2.53. The summed E-state index contributed by atoms with van der Waals surface area (Å²) in [6, 6.07) is 0.773. The second-order valence-electron chi connectivity index (χ2n) is 5.47. The number of methoxy groups -OCH3 is 1. The van der Waals surface area contributed by atoms with Gasteiger partial charge in [0.2, 0.25) is 0 Å². The van der Waals surface area contributed by atoms with E-state index in [1.165, 1.54) is 45.3 Å². The van der Waals surface area contributed by atoms with Crippen LogP contribution in [0.15, 0.2) is 0 Å². The minimum Gasteiger partial charge on any atom is -0.380 e. The van der Waals surface area contributed by atoms with Gasteiger partial charge in [-0.05, 0) is 58.2 Å². The van der Waals surface area contributed by atoms with Crippen LogP contribution < -0.4 is 5.32 Å². The van der Waals surface area contributed by atoms with Crippen molar-refractivity contribution < 1.29 is 4.74 Å². The van der Waals surface area contributed by atoms with Crippen LogP contribution in [0.3, 0.4) is 0 Å². The Morgan fingerprint density at radius 3 is 2.50 bits per heavy atom. The first-order valence-corrected chi connectivity index (χ1v) is 6.76. The SMILES string of the molecule is COC(C)CN1CCC(NCC2CC2)CC1. The molecule has 1 saturated carbocycles. The highest BCUT2D eigenvalue weighted by molar-refractivity contribution is 4.82. The molecule has 0 bridgehead atoms. The minimum absolute atomic E-state index is 0.371. The van der Waals surface area contributed by atoms with Crippen molar-refractivity contribution >= 4 is 0 Å². The van der Waals surface area contributed by atoms with Gasteiger partial charge in [-0.1, -0.05) is 0 Å². The molecule has 2 rings (SSSR count). The van der Waals surface area contributed by atoms with Gasteiger partial charge in [0.05, 0.1) is 6.10 Å². The van der Waals surface area contributed by atoms with Gasteiger partial charge in [0, 0.05) is 19.7 Å². The Labute approximate surface area is 99.5 Å². The summed E-state index contributed by atoms with van der Waals surface area (Å²) in [6.45, 7) is 6.97. The molecule has 2 fully saturated rings. The number of likely N-dealkylation sites (tertiary alicyclic amines) is 1. The molecule has 0 aromatic carbocycles. The summed E-state index contributed by atoms with van der Waals surface area (Å²) in [7, 11) is 1.80. The molecular weight excluding hydrogens is 200 g/mol. The number of nitrogens with zero attached hydrogens (tertiary/aromatic N) is 1. The molecule has 1 unspecified atom stereocenters. The zero-order valence-electron chi connectivity index (χ0n) is 10.7. The van der Waals surface area contributed by atoms with E-state index in [4.69, 9.17) is 4.74 Å². The van der Waals surface area contributed by atoms with Crippen molar-refractivity contribution in [2.24, 2.45) is 5.92 Å². The number of hydrogen-bond acceptors (Lipinski definition) is 3. The maximum atomic E-state index is 5.31. The molecule has 3 nitrogen and oxygen atoms in total. The Morgan fingerprint density at radius 1 is 1.25 bits per heavy atom. The second-order valence-corrected chi connectivity index (χ2v) is 5.47. The molecule has 2 aliphatic rings. The van der Waals surface area contributed by atoms with Gasteiger partial charge in [-0.15, -0.1) is 0 Å². The Balaban J connectivity index is 1.57. The molecule has 94 valence electrons. The lowest BCUT2D eigenvalue weighted by molar-refractivity contribution is 0.0657. The Kier molecular flexibility index (Phi) is 4.62. The van der Waals surface area contributed by atoms with Crippen LogP contribution >= 0.6 is 0 Å². The molecule has 1 heterocycles. The van der Waals surface area contributed by atoms with E-state index < -0.39 is 0 Å². The molecule has 16 heavy (non-hydrogen) atoms. The van der Waals surface area contributed by atoms with E-state index in [2.05, 4.69) is 17.1 Å². The number of piperidine rings is 1. The van der Waals surface area contributed by atoms with Gasteiger partial charge >= 0.3 is 0 Å². The number of nitrogens with one attached hydrogen (secondary N) is 1. The van der Waals surface area contributed by atoms with Gasteiger partial charge in [0.15, 0.2) is 0 Å². The third kappa shape index (κ3) is 4.04. The molecule has 0 radical (unpaired) electrons. The zero-order valence-corrected chi connectivity index (χ0v) is 10.7. The van der Waals surface area contributed by atoms with Crippen LogP contribution in [0.2, 0.25) is 0 Å². The molecule has 0 aromatic heterocycles. The number of rotatable bonds is 6. The lowest BCUT2D eigenvalue weighted by atomic mass is 10.0. The fraction of sp³-hybridized carbons (Fsp3) is 1.00. The summed E-state index contributed by atoms with van der Waals surface area (Å²) in [5.41, 5.74) is 0. The number of ether oxygens (including phenoxy) is 1. The first-order valence-electron chi connectivity index (χ1n) is 6.76. The van der Waals surface area contributed by atoms with Crippen molar-refractivity contribution in [1.82, 2.24) is 10.2 Å². The van der Waals surface area contributed by atoms with Crippen LogP contribution in [-0.4, -0.2) is 50.3 Å². The monoisotopic (exact) mass is 226 g/mol. The maximum Gasteiger partial charge on any atom is 0.0670 e. The molecule has 0 spiro atoms. The van der Waals surface area contributed by atoms with Crippen molar-refractivity contribution in [2.45, 2.75) is 44.8 Å². The van der Waals surface area contributed by atoms with E-state index in [0.29, 0.717) is 6.10 Å². The molecular formula is C13H26N2O. The summed E-state index contributed by atoms with van der Waals surface area (Å²) >= 11 is 0. The van der Waals surface area contributed by atoms with Crippen LogP contribution in [0.5, 0.6) is 0 Å². The predicted molar refractivity (Wildman–Crippen MR) is 66.7 cm³/mol. The molecule has 1 atom stereocenters. The third-order valence-electron chi connectivity index (χ3n) is 3.90. The Morgan fingerprint density at radius 2 is 1.94 bits per heavy atom. The minimum atomic E-state index is 0.371. The van der Waals surface area contributed by atoms with E-state index in [0.717, 1.165) is 18.5 Å². The van der Waals surface area contributed by atoms with Crippen molar-refractivity contribution in [3.8, 4) is 0 Å². The van der Waals surface area contributed by atoms with Crippen LogP contribution in [0.1, 0.15) is 32.6 Å². The van der Waals surface area contributed by atoms with Crippen LogP contribution in [0, 0.1) is 5.92 Å². The Hall–Kier alpha value is -0.120. The van der Waals surface area contributed by atoms with Gasteiger partial charge < -0.3 is 15.0 Å². The van der Waals surface area contributed by atoms with E-state index in [-0.39, 0.29) is 0 Å². The van der Waals surface area contributed by atoms with Crippen molar-refractivity contribution in [3.63, 3.8) is 0 Å². The van der Waals surface area contributed by atoms with Crippen LogP contribution in [0.25, 0.3) is 0 Å². The summed E-state index contributed by atoms with van der Waals surface area (Å²) in [6.07, 6.45) is 5.90. The van der Waals surface area contributed by atoms with E-state index in [9.17, 15) is 0 Å². The van der Waals surface area contributed by atoms with Crippen molar-refractivity contribution in [1.29, 1.82) is 0 Å². The Bertz CT molecular complexity index is 198. The first-order chi connectivity index (χ1) is 7.78. The topological polar surface area (TPSA) is 24.5 Å².